The van der Waals surface area contributed by atoms with E-state index in [-0.39, 0.29) is 11.7 Å². The van der Waals surface area contributed by atoms with Crippen LogP contribution in [0.4, 0.5) is 0 Å². The summed E-state index contributed by atoms with van der Waals surface area (Å²) in [5.74, 6) is 0.236. The number of nitrogens with zero attached hydrogens (tertiary/aromatic N) is 2. The van der Waals surface area contributed by atoms with E-state index in [9.17, 15) is 9.59 Å². The average Bonchev–Trinajstić information content (AvgIpc) is 3.15. The Morgan fingerprint density at radius 2 is 1.89 bits per heavy atom. The molecule has 2 aromatic carbocycles. The zero-order valence-corrected chi connectivity index (χ0v) is 23.4. The first-order valence-electron chi connectivity index (χ1n) is 12.1. The molecule has 1 aliphatic heterocycles. The second kappa shape index (κ2) is 11.7. The molecule has 0 spiro atoms. The summed E-state index contributed by atoms with van der Waals surface area (Å²) in [5.41, 5.74) is 2.09. The molecule has 0 bridgehead atoms. The topological polar surface area (TPSA) is 69.9 Å². The maximum atomic E-state index is 13.7. The molecule has 3 aromatic rings. The number of benzene rings is 2. The summed E-state index contributed by atoms with van der Waals surface area (Å²) < 4.78 is 13.4. The Bertz CT molecular complexity index is 1520. The van der Waals surface area contributed by atoms with E-state index in [1.807, 2.05) is 24.3 Å². The van der Waals surface area contributed by atoms with Gasteiger partial charge in [-0.25, -0.2) is 9.79 Å². The minimum Gasteiger partial charge on any atom is -0.494 e. The summed E-state index contributed by atoms with van der Waals surface area (Å²) in [6.45, 7) is 8.08. The lowest BCUT2D eigenvalue weighted by Gasteiger charge is -2.25. The van der Waals surface area contributed by atoms with Crippen molar-refractivity contribution in [1.29, 1.82) is 0 Å². The maximum absolute atomic E-state index is 13.7. The molecule has 1 aromatic heterocycles. The number of hydrogen-bond donors (Lipinski definition) is 0. The molecule has 0 amide bonds. The molecule has 6 nitrogen and oxygen atoms in total. The van der Waals surface area contributed by atoms with Crippen LogP contribution in [0, 0.1) is 0 Å². The highest BCUT2D eigenvalue weighted by Crippen LogP contribution is 2.32. The van der Waals surface area contributed by atoms with Crippen molar-refractivity contribution in [3.63, 3.8) is 0 Å². The van der Waals surface area contributed by atoms with E-state index >= 15 is 0 Å². The highest BCUT2D eigenvalue weighted by Gasteiger charge is 2.33. The van der Waals surface area contributed by atoms with Gasteiger partial charge >= 0.3 is 5.97 Å². The van der Waals surface area contributed by atoms with Crippen molar-refractivity contribution < 1.29 is 14.3 Å². The Balaban J connectivity index is 1.84. The first kappa shape index (κ1) is 27.2. The van der Waals surface area contributed by atoms with Gasteiger partial charge in [-0.05, 0) is 68.7 Å². The van der Waals surface area contributed by atoms with Gasteiger partial charge in [0.25, 0.3) is 5.56 Å². The number of carbonyl (C=O) groups excluding carboxylic acids is 1. The number of fused-ring (bicyclic) bond motifs is 1. The maximum Gasteiger partial charge on any atom is 0.338 e. The Hall–Kier alpha value is -2.87. The van der Waals surface area contributed by atoms with Gasteiger partial charge in [0, 0.05) is 0 Å². The Morgan fingerprint density at radius 3 is 2.54 bits per heavy atom. The van der Waals surface area contributed by atoms with Crippen molar-refractivity contribution in [2.75, 3.05) is 6.61 Å². The summed E-state index contributed by atoms with van der Waals surface area (Å²) in [4.78, 5) is 32.1. The van der Waals surface area contributed by atoms with Crippen LogP contribution in [-0.2, 0) is 9.53 Å². The monoisotopic (exact) mass is 558 g/mol. The zero-order valence-electron chi connectivity index (χ0n) is 21.1. The fourth-order valence-corrected chi connectivity index (χ4v) is 5.36. The van der Waals surface area contributed by atoms with Crippen LogP contribution < -0.4 is 19.6 Å². The van der Waals surface area contributed by atoms with Gasteiger partial charge in [0.15, 0.2) is 4.80 Å². The molecular formula is C28H28Cl2N2O4S. The SMILES string of the molecule is CCCCOc1ccc(C2C(C(=O)OC(C)C)=C(C)N=c3s/c(=C\c4ccc(Cl)c(Cl)c4)c(=O)n32)cc1. The molecule has 0 saturated heterocycles. The molecule has 0 N–H and O–H groups in total. The quantitative estimate of drug-likeness (QED) is 0.263. The van der Waals surface area contributed by atoms with Crippen molar-refractivity contribution in [3.05, 3.63) is 94.6 Å². The van der Waals surface area contributed by atoms with Crippen molar-refractivity contribution in [2.24, 2.45) is 4.99 Å². The normalized spacial score (nSPS) is 15.5. The van der Waals surface area contributed by atoms with Gasteiger partial charge in [-0.3, -0.25) is 9.36 Å². The van der Waals surface area contributed by atoms with E-state index in [4.69, 9.17) is 32.7 Å². The predicted molar refractivity (Wildman–Crippen MR) is 148 cm³/mol. The third-order valence-corrected chi connectivity index (χ3v) is 7.51. The number of unbranched alkanes of at least 4 members (excludes halogenated alkanes) is 1. The van der Waals surface area contributed by atoms with Gasteiger partial charge in [0.2, 0.25) is 0 Å². The van der Waals surface area contributed by atoms with E-state index in [1.165, 1.54) is 11.3 Å². The highest BCUT2D eigenvalue weighted by molar-refractivity contribution is 7.07. The lowest BCUT2D eigenvalue weighted by atomic mass is 9.96. The minimum atomic E-state index is -0.692. The molecule has 1 atom stereocenters. The van der Waals surface area contributed by atoms with Crippen LogP contribution in [0.3, 0.4) is 0 Å². The molecule has 194 valence electrons. The number of carbonyl (C=O) groups is 1. The van der Waals surface area contributed by atoms with Gasteiger partial charge in [-0.2, -0.15) is 0 Å². The van der Waals surface area contributed by atoms with Crippen LogP contribution in [0.2, 0.25) is 10.0 Å². The number of aromatic nitrogens is 1. The predicted octanol–water partition coefficient (Wildman–Crippen LogP) is 5.67. The second-order valence-corrected chi connectivity index (χ2v) is 10.8. The van der Waals surface area contributed by atoms with Crippen LogP contribution >= 0.6 is 34.5 Å². The van der Waals surface area contributed by atoms with Crippen LogP contribution in [-0.4, -0.2) is 23.2 Å². The molecule has 4 rings (SSSR count). The van der Waals surface area contributed by atoms with Crippen molar-refractivity contribution >= 4 is 46.6 Å². The summed E-state index contributed by atoms with van der Waals surface area (Å²) in [7, 11) is 0. The molecular weight excluding hydrogens is 531 g/mol. The van der Waals surface area contributed by atoms with Crippen molar-refractivity contribution in [1.82, 2.24) is 4.57 Å². The van der Waals surface area contributed by atoms with Crippen LogP contribution in [0.5, 0.6) is 5.75 Å². The smallest absolute Gasteiger partial charge is 0.338 e. The summed E-state index contributed by atoms with van der Waals surface area (Å²) in [6, 6.07) is 12.0. The molecule has 1 unspecified atom stereocenters. The number of thiazole rings is 1. The Labute approximate surface area is 229 Å². The fourth-order valence-electron chi connectivity index (χ4n) is 4.01. The van der Waals surface area contributed by atoms with Crippen molar-refractivity contribution in [3.8, 4) is 5.75 Å². The van der Waals surface area contributed by atoms with E-state index in [1.54, 1.807) is 49.6 Å². The molecule has 1 aliphatic rings. The second-order valence-electron chi connectivity index (χ2n) is 8.98. The number of halogens is 2. The van der Waals surface area contributed by atoms with Crippen LogP contribution in [0.25, 0.3) is 6.08 Å². The van der Waals surface area contributed by atoms with Gasteiger partial charge in [-0.15, -0.1) is 0 Å². The minimum absolute atomic E-state index is 0.259. The zero-order chi connectivity index (χ0) is 26.7. The standard InChI is InChI=1S/C28H28Cl2N2O4S/c1-5-6-13-35-20-10-8-19(9-11-20)25-24(27(34)36-16(2)3)17(4)31-28-32(25)26(33)23(37-28)15-18-7-12-21(29)22(30)14-18/h7-12,14-16,25H,5-6,13H2,1-4H3/b23-15-. The summed E-state index contributed by atoms with van der Waals surface area (Å²) in [6.07, 6.45) is 3.44. The molecule has 37 heavy (non-hydrogen) atoms. The molecule has 0 aliphatic carbocycles. The molecule has 0 radical (unpaired) electrons. The number of ether oxygens (including phenoxy) is 2. The van der Waals surface area contributed by atoms with E-state index in [2.05, 4.69) is 11.9 Å². The average molecular weight is 560 g/mol. The fraction of sp³-hybridized carbons (Fsp3) is 0.321. The Kier molecular flexibility index (Phi) is 8.57. The van der Waals surface area contributed by atoms with E-state index in [0.29, 0.717) is 37.3 Å². The first-order valence-corrected chi connectivity index (χ1v) is 13.7. The summed E-state index contributed by atoms with van der Waals surface area (Å²) in [5, 5.41) is 0.836. The van der Waals surface area contributed by atoms with E-state index < -0.39 is 12.0 Å². The van der Waals surface area contributed by atoms with E-state index in [0.717, 1.165) is 29.7 Å². The molecule has 0 fully saturated rings. The van der Waals surface area contributed by atoms with Crippen molar-refractivity contribution in [2.45, 2.75) is 52.7 Å². The van der Waals surface area contributed by atoms with Gasteiger partial charge < -0.3 is 9.47 Å². The number of allylic oxidation sites excluding steroid dienone is 1. The van der Waals surface area contributed by atoms with Crippen LogP contribution in [0.15, 0.2) is 63.5 Å². The molecule has 9 heteroatoms. The Morgan fingerprint density at radius 1 is 1.16 bits per heavy atom. The van der Waals surface area contributed by atoms with Crippen LogP contribution in [0.1, 0.15) is 57.7 Å². The lowest BCUT2D eigenvalue weighted by Crippen LogP contribution is -2.40. The molecule has 0 saturated carbocycles. The highest BCUT2D eigenvalue weighted by atomic mass is 35.5. The van der Waals surface area contributed by atoms with Gasteiger partial charge in [0.1, 0.15) is 5.75 Å². The largest absolute Gasteiger partial charge is 0.494 e. The van der Waals surface area contributed by atoms with Gasteiger partial charge in [0.05, 0.1) is 44.6 Å². The number of hydrogen-bond acceptors (Lipinski definition) is 6. The van der Waals surface area contributed by atoms with Gasteiger partial charge in [-0.1, -0.05) is 66.1 Å². The number of esters is 1. The third-order valence-electron chi connectivity index (χ3n) is 5.79. The lowest BCUT2D eigenvalue weighted by molar-refractivity contribution is -0.143. The summed E-state index contributed by atoms with van der Waals surface area (Å²) >= 11 is 13.5. The first-order chi connectivity index (χ1) is 17.7. The number of rotatable bonds is 8. The molecule has 2 heterocycles. The third kappa shape index (κ3) is 6.00.